The second kappa shape index (κ2) is 15.1. The number of nitrogens with zero attached hydrogens (tertiary/aromatic N) is 4. The number of hydrogen-bond donors (Lipinski definition) is 3. The molecule has 2 saturated heterocycles. The number of oxazole rings is 1. The van der Waals surface area contributed by atoms with E-state index >= 15 is 0 Å². The van der Waals surface area contributed by atoms with E-state index in [9.17, 15) is 9.59 Å². The Morgan fingerprint density at radius 3 is 2.47 bits per heavy atom. The first-order chi connectivity index (χ1) is 21.9. The van der Waals surface area contributed by atoms with Gasteiger partial charge in [-0.2, -0.15) is 5.26 Å². The molecule has 2 aromatic carbocycles. The van der Waals surface area contributed by atoms with Gasteiger partial charge in [-0.05, 0) is 74.5 Å². The predicted molar refractivity (Wildman–Crippen MR) is 174 cm³/mol. The Morgan fingerprint density at radius 2 is 1.84 bits per heavy atom. The minimum atomic E-state index is -0.392. The molecule has 45 heavy (non-hydrogen) atoms. The number of likely N-dealkylation sites (tertiary alicyclic amines) is 1. The largest absolute Gasteiger partial charge is 0.451 e. The highest BCUT2D eigenvalue weighted by atomic mass is 16.3. The zero-order chi connectivity index (χ0) is 31.6. The topological polar surface area (TPSA) is 127 Å². The highest BCUT2D eigenvalue weighted by Crippen LogP contribution is 2.43. The van der Waals surface area contributed by atoms with Crippen LogP contribution in [0.25, 0.3) is 0 Å². The second-order valence-corrected chi connectivity index (χ2v) is 12.5. The van der Waals surface area contributed by atoms with E-state index in [2.05, 4.69) is 68.0 Å². The lowest BCUT2D eigenvalue weighted by Gasteiger charge is -2.49. The fourth-order valence-corrected chi connectivity index (χ4v) is 7.21. The van der Waals surface area contributed by atoms with Crippen molar-refractivity contribution in [1.82, 2.24) is 25.8 Å². The number of piperidine rings is 1. The van der Waals surface area contributed by atoms with Crippen molar-refractivity contribution in [1.29, 1.82) is 5.26 Å². The van der Waals surface area contributed by atoms with Crippen LogP contribution in [0.15, 0.2) is 71.7 Å². The Labute approximate surface area is 266 Å². The number of carbonyl (C=O) groups is 2. The minimum absolute atomic E-state index is 0.0553. The third-order valence-corrected chi connectivity index (χ3v) is 9.59. The zero-order valence-corrected chi connectivity index (χ0v) is 26.4. The standard InChI is InChI=1S/C35H45N7O3/c1-3-7-30(40-34(44)37-2)18-35(28-8-5-4-6-9-28,24-38-33(43)32-23-45-25-39-32)29-14-16-41(17-15-29)20-27-21-42(22-27)31-12-10-26(19-36)11-13-31/h4-6,8-13,23,25,27,29-30H,3,7,14-18,20-22,24H2,1-2H3,(H,38,43)(H2,37,40,44)/t30-,35?/m1/s1. The number of aromatic nitrogens is 1. The molecule has 3 heterocycles. The number of anilines is 1. The molecule has 1 aromatic heterocycles. The Hall–Kier alpha value is -4.36. The van der Waals surface area contributed by atoms with Crippen molar-refractivity contribution in [2.75, 3.05) is 51.2 Å². The highest BCUT2D eigenvalue weighted by molar-refractivity contribution is 5.91. The molecule has 10 nitrogen and oxygen atoms in total. The van der Waals surface area contributed by atoms with E-state index in [1.165, 1.54) is 23.9 Å². The molecule has 0 bridgehead atoms. The van der Waals surface area contributed by atoms with Gasteiger partial charge in [-0.15, -0.1) is 0 Å². The van der Waals surface area contributed by atoms with Crippen molar-refractivity contribution >= 4 is 17.6 Å². The SMILES string of the molecule is CCC[C@H](CC(CNC(=O)c1cocn1)(c1ccccc1)C1CCN(CC2CN(c3ccc(C#N)cc3)C2)CC1)NC(=O)NC. The molecule has 1 unspecified atom stereocenters. The van der Waals surface area contributed by atoms with Crippen LogP contribution in [-0.2, 0) is 5.41 Å². The molecule has 0 saturated carbocycles. The van der Waals surface area contributed by atoms with Crippen molar-refractivity contribution in [3.8, 4) is 6.07 Å². The van der Waals surface area contributed by atoms with Gasteiger partial charge in [0.15, 0.2) is 12.1 Å². The van der Waals surface area contributed by atoms with Crippen LogP contribution in [0.5, 0.6) is 0 Å². The molecule has 3 amide bonds. The van der Waals surface area contributed by atoms with Crippen molar-refractivity contribution in [3.63, 3.8) is 0 Å². The smallest absolute Gasteiger partial charge is 0.314 e. The van der Waals surface area contributed by atoms with Gasteiger partial charge in [0.05, 0.1) is 11.6 Å². The number of benzene rings is 2. The number of urea groups is 1. The van der Waals surface area contributed by atoms with Gasteiger partial charge in [0.1, 0.15) is 6.26 Å². The molecular weight excluding hydrogens is 566 g/mol. The van der Waals surface area contributed by atoms with Crippen LogP contribution in [-0.4, -0.2) is 74.2 Å². The number of amides is 3. The van der Waals surface area contributed by atoms with E-state index < -0.39 is 5.41 Å². The Balaban J connectivity index is 1.30. The molecule has 2 atom stereocenters. The third kappa shape index (κ3) is 7.84. The molecule has 2 fully saturated rings. The number of hydrogen-bond acceptors (Lipinski definition) is 7. The van der Waals surface area contributed by atoms with Gasteiger partial charge < -0.3 is 30.2 Å². The van der Waals surface area contributed by atoms with Gasteiger partial charge >= 0.3 is 6.03 Å². The van der Waals surface area contributed by atoms with E-state index in [0.29, 0.717) is 30.4 Å². The molecule has 10 heteroatoms. The van der Waals surface area contributed by atoms with Crippen molar-refractivity contribution in [2.24, 2.45) is 11.8 Å². The first-order valence-electron chi connectivity index (χ1n) is 16.1. The van der Waals surface area contributed by atoms with Crippen LogP contribution in [0.3, 0.4) is 0 Å². The molecule has 0 radical (unpaired) electrons. The van der Waals surface area contributed by atoms with Gasteiger partial charge in [0.25, 0.3) is 5.91 Å². The zero-order valence-electron chi connectivity index (χ0n) is 26.4. The van der Waals surface area contributed by atoms with Crippen molar-refractivity contribution in [3.05, 3.63) is 84.1 Å². The monoisotopic (exact) mass is 611 g/mol. The summed E-state index contributed by atoms with van der Waals surface area (Å²) in [6.07, 6.45) is 7.13. The summed E-state index contributed by atoms with van der Waals surface area (Å²) in [5.41, 5.74) is 2.91. The summed E-state index contributed by atoms with van der Waals surface area (Å²) >= 11 is 0. The van der Waals surface area contributed by atoms with Gasteiger partial charge in [-0.25, -0.2) is 9.78 Å². The van der Waals surface area contributed by atoms with Gasteiger partial charge in [-0.1, -0.05) is 43.7 Å². The summed E-state index contributed by atoms with van der Waals surface area (Å²) in [6.45, 7) is 7.67. The molecular formula is C35H45N7O3. The van der Waals surface area contributed by atoms with Crippen LogP contribution in [0.4, 0.5) is 10.5 Å². The summed E-state index contributed by atoms with van der Waals surface area (Å²) in [6, 6.07) is 20.3. The quantitative estimate of drug-likeness (QED) is 0.259. The first-order valence-corrected chi connectivity index (χ1v) is 16.1. The number of rotatable bonds is 13. The summed E-state index contributed by atoms with van der Waals surface area (Å²) in [7, 11) is 1.64. The molecule has 3 aromatic rings. The second-order valence-electron chi connectivity index (χ2n) is 12.5. The Morgan fingerprint density at radius 1 is 1.11 bits per heavy atom. The summed E-state index contributed by atoms with van der Waals surface area (Å²) in [5, 5.41) is 18.2. The summed E-state index contributed by atoms with van der Waals surface area (Å²) in [4.78, 5) is 34.7. The van der Waals surface area contributed by atoms with Crippen molar-refractivity contribution < 1.29 is 14.0 Å². The predicted octanol–water partition coefficient (Wildman–Crippen LogP) is 4.55. The molecule has 3 N–H and O–H groups in total. The molecule has 5 rings (SSSR count). The fourth-order valence-electron chi connectivity index (χ4n) is 7.21. The average molecular weight is 612 g/mol. The van der Waals surface area contributed by atoms with E-state index in [4.69, 9.17) is 9.68 Å². The van der Waals surface area contributed by atoms with E-state index in [1.807, 2.05) is 30.3 Å². The van der Waals surface area contributed by atoms with Gasteiger partial charge in [0.2, 0.25) is 0 Å². The highest BCUT2D eigenvalue weighted by Gasteiger charge is 2.44. The minimum Gasteiger partial charge on any atom is -0.451 e. The first kappa shape index (κ1) is 32.0. The van der Waals surface area contributed by atoms with Gasteiger partial charge in [0, 0.05) is 56.3 Å². The van der Waals surface area contributed by atoms with E-state index in [0.717, 1.165) is 58.4 Å². The lowest BCUT2D eigenvalue weighted by atomic mass is 9.63. The van der Waals surface area contributed by atoms with E-state index in [-0.39, 0.29) is 23.7 Å². The van der Waals surface area contributed by atoms with Crippen LogP contribution >= 0.6 is 0 Å². The maximum absolute atomic E-state index is 13.1. The molecule has 238 valence electrons. The fraction of sp³-hybridized carbons (Fsp3) is 0.486. The summed E-state index contributed by atoms with van der Waals surface area (Å²) < 4.78 is 5.07. The molecule has 2 aliphatic heterocycles. The number of nitriles is 1. The molecule has 0 spiro atoms. The molecule has 2 aliphatic rings. The maximum atomic E-state index is 13.1. The lowest BCUT2D eigenvalue weighted by Crippen LogP contribution is -2.55. The van der Waals surface area contributed by atoms with Crippen LogP contribution in [0.2, 0.25) is 0 Å². The Bertz CT molecular complexity index is 1410. The number of nitrogens with one attached hydrogen (secondary N) is 3. The molecule has 0 aliphatic carbocycles. The maximum Gasteiger partial charge on any atom is 0.314 e. The van der Waals surface area contributed by atoms with Crippen LogP contribution < -0.4 is 20.9 Å². The average Bonchev–Trinajstić information content (AvgIpc) is 3.61. The Kier molecular flexibility index (Phi) is 10.7. The van der Waals surface area contributed by atoms with E-state index in [1.54, 1.807) is 7.05 Å². The third-order valence-electron chi connectivity index (χ3n) is 9.59. The van der Waals surface area contributed by atoms with Crippen LogP contribution in [0.1, 0.15) is 60.6 Å². The summed E-state index contributed by atoms with van der Waals surface area (Å²) in [5.74, 6) is 0.657. The normalized spacial score (nSPS) is 17.8. The van der Waals surface area contributed by atoms with Crippen LogP contribution in [0, 0.1) is 23.2 Å². The van der Waals surface area contributed by atoms with Crippen molar-refractivity contribution in [2.45, 2.75) is 50.5 Å². The number of carbonyl (C=O) groups excluding carboxylic acids is 2. The van der Waals surface area contributed by atoms with Gasteiger partial charge in [-0.3, -0.25) is 4.79 Å². The lowest BCUT2D eigenvalue weighted by molar-refractivity contribution is 0.0829.